The van der Waals surface area contributed by atoms with Gasteiger partial charge in [-0.1, -0.05) is 18.2 Å². The van der Waals surface area contributed by atoms with Crippen LogP contribution in [0.25, 0.3) is 11.1 Å². The van der Waals surface area contributed by atoms with Crippen LogP contribution < -0.4 is 15.2 Å². The van der Waals surface area contributed by atoms with Gasteiger partial charge in [-0.15, -0.1) is 13.2 Å². The summed E-state index contributed by atoms with van der Waals surface area (Å²) in [6, 6.07) is 8.83. The minimum Gasteiger partial charge on any atom is -0.484 e. The Bertz CT molecular complexity index is 712. The second-order valence-electron chi connectivity index (χ2n) is 4.70. The van der Waals surface area contributed by atoms with Crippen molar-refractivity contribution in [1.82, 2.24) is 0 Å². The van der Waals surface area contributed by atoms with E-state index < -0.39 is 24.9 Å². The van der Waals surface area contributed by atoms with Gasteiger partial charge in [0.1, 0.15) is 11.5 Å². The Morgan fingerprint density at radius 2 is 1.54 bits per heavy atom. The molecule has 0 spiro atoms. The van der Waals surface area contributed by atoms with Gasteiger partial charge in [-0.25, -0.2) is 0 Å². The highest BCUT2D eigenvalue weighted by atomic mass is 19.4. The van der Waals surface area contributed by atoms with Crippen molar-refractivity contribution in [3.8, 4) is 22.6 Å². The lowest BCUT2D eigenvalue weighted by molar-refractivity contribution is -0.274. The van der Waals surface area contributed by atoms with Crippen LogP contribution in [-0.4, -0.2) is 19.1 Å². The van der Waals surface area contributed by atoms with E-state index in [2.05, 4.69) is 9.47 Å². The Morgan fingerprint density at radius 3 is 2.12 bits per heavy atom. The predicted octanol–water partition coefficient (Wildman–Crippen LogP) is 4.78. The molecular weight excluding hydrogens is 340 g/mol. The fourth-order valence-corrected chi connectivity index (χ4v) is 1.94. The fourth-order valence-electron chi connectivity index (χ4n) is 1.94. The third-order valence-electron chi connectivity index (χ3n) is 2.83. The highest BCUT2D eigenvalue weighted by Crippen LogP contribution is 2.37. The van der Waals surface area contributed by atoms with Crippen LogP contribution in [0.1, 0.15) is 0 Å². The summed E-state index contributed by atoms with van der Waals surface area (Å²) in [7, 11) is 0. The second-order valence-corrected chi connectivity index (χ2v) is 4.70. The van der Waals surface area contributed by atoms with Crippen molar-refractivity contribution in [2.24, 2.45) is 0 Å². The van der Waals surface area contributed by atoms with Gasteiger partial charge in [0.05, 0.1) is 0 Å². The smallest absolute Gasteiger partial charge is 0.484 e. The zero-order valence-electron chi connectivity index (χ0n) is 11.9. The number of anilines is 1. The molecule has 2 aromatic carbocycles. The minimum absolute atomic E-state index is 0.0482. The predicted molar refractivity (Wildman–Crippen MR) is 74.5 cm³/mol. The number of hydrogen-bond acceptors (Lipinski definition) is 3. The van der Waals surface area contributed by atoms with Crippen molar-refractivity contribution >= 4 is 5.69 Å². The van der Waals surface area contributed by atoms with Gasteiger partial charge < -0.3 is 15.2 Å². The highest BCUT2D eigenvalue weighted by molar-refractivity contribution is 5.81. The number of benzene rings is 2. The van der Waals surface area contributed by atoms with E-state index in [0.29, 0.717) is 0 Å². The van der Waals surface area contributed by atoms with E-state index in [4.69, 9.17) is 5.73 Å². The Labute approximate surface area is 132 Å². The Morgan fingerprint density at radius 1 is 0.875 bits per heavy atom. The first kappa shape index (κ1) is 17.8. The molecule has 3 nitrogen and oxygen atoms in total. The van der Waals surface area contributed by atoms with Crippen LogP contribution in [0.2, 0.25) is 0 Å². The molecule has 0 aromatic heterocycles. The molecule has 0 unspecified atom stereocenters. The van der Waals surface area contributed by atoms with E-state index in [1.54, 1.807) is 0 Å². The average Bonchev–Trinajstić information content (AvgIpc) is 2.44. The van der Waals surface area contributed by atoms with E-state index in [9.17, 15) is 26.3 Å². The standard InChI is InChI=1S/C15H11F6NO2/c16-14(17,18)8-23-9-5-6-10(12(22)7-9)11-3-1-2-4-13(11)24-15(19,20)21/h1-7H,8,22H2. The van der Waals surface area contributed by atoms with Crippen LogP contribution in [0.5, 0.6) is 11.5 Å². The summed E-state index contributed by atoms with van der Waals surface area (Å²) in [5.41, 5.74) is 5.90. The molecule has 0 amide bonds. The first-order valence-electron chi connectivity index (χ1n) is 6.49. The van der Waals surface area contributed by atoms with Gasteiger partial charge in [-0.3, -0.25) is 0 Å². The third kappa shape index (κ3) is 4.97. The maximum atomic E-state index is 12.4. The van der Waals surface area contributed by atoms with E-state index >= 15 is 0 Å². The topological polar surface area (TPSA) is 44.5 Å². The summed E-state index contributed by atoms with van der Waals surface area (Å²) in [5, 5.41) is 0. The molecule has 2 N–H and O–H groups in total. The Balaban J connectivity index is 2.30. The van der Waals surface area contributed by atoms with Crippen molar-refractivity contribution in [2.75, 3.05) is 12.3 Å². The molecule has 130 valence electrons. The summed E-state index contributed by atoms with van der Waals surface area (Å²) in [6.07, 6.45) is -9.40. The van der Waals surface area contributed by atoms with Crippen molar-refractivity contribution in [3.63, 3.8) is 0 Å². The number of para-hydroxylation sites is 1. The maximum absolute atomic E-state index is 12.4. The number of rotatable bonds is 4. The number of nitrogens with two attached hydrogens (primary N) is 1. The molecule has 0 aliphatic rings. The van der Waals surface area contributed by atoms with Gasteiger partial charge in [0.15, 0.2) is 6.61 Å². The van der Waals surface area contributed by atoms with Crippen LogP contribution in [0, 0.1) is 0 Å². The zero-order valence-corrected chi connectivity index (χ0v) is 11.9. The highest BCUT2D eigenvalue weighted by Gasteiger charge is 2.32. The van der Waals surface area contributed by atoms with Crippen LogP contribution in [0.4, 0.5) is 32.0 Å². The molecule has 0 aliphatic heterocycles. The Kier molecular flexibility index (Phi) is 4.81. The van der Waals surface area contributed by atoms with Crippen LogP contribution in [0.15, 0.2) is 42.5 Å². The number of hydrogen-bond donors (Lipinski definition) is 1. The molecule has 0 heterocycles. The van der Waals surface area contributed by atoms with Gasteiger partial charge >= 0.3 is 12.5 Å². The SMILES string of the molecule is Nc1cc(OCC(F)(F)F)ccc1-c1ccccc1OC(F)(F)F. The molecule has 0 fully saturated rings. The molecule has 9 heteroatoms. The third-order valence-corrected chi connectivity index (χ3v) is 2.83. The summed E-state index contributed by atoms with van der Waals surface area (Å²) in [5.74, 6) is -0.622. The maximum Gasteiger partial charge on any atom is 0.573 e. The first-order chi connectivity index (χ1) is 11.1. The molecule has 24 heavy (non-hydrogen) atoms. The molecule has 0 atom stereocenters. The molecule has 0 saturated carbocycles. The fraction of sp³-hybridized carbons (Fsp3) is 0.200. The lowest BCUT2D eigenvalue weighted by Gasteiger charge is -2.15. The molecule has 2 rings (SSSR count). The zero-order chi connectivity index (χ0) is 18.0. The lowest BCUT2D eigenvalue weighted by atomic mass is 10.0. The van der Waals surface area contributed by atoms with Gasteiger partial charge in [0, 0.05) is 22.9 Å². The normalized spacial score (nSPS) is 12.1. The van der Waals surface area contributed by atoms with E-state index in [1.807, 2.05) is 0 Å². The van der Waals surface area contributed by atoms with Crippen molar-refractivity contribution < 1.29 is 35.8 Å². The first-order valence-corrected chi connectivity index (χ1v) is 6.49. The number of halogens is 6. The lowest BCUT2D eigenvalue weighted by Crippen LogP contribution is -2.19. The van der Waals surface area contributed by atoms with E-state index in [-0.39, 0.29) is 22.6 Å². The van der Waals surface area contributed by atoms with Crippen molar-refractivity contribution in [2.45, 2.75) is 12.5 Å². The summed E-state index contributed by atoms with van der Waals surface area (Å²) in [6.45, 7) is -1.50. The summed E-state index contributed by atoms with van der Waals surface area (Å²) < 4.78 is 82.1. The Hall–Kier alpha value is -2.58. The largest absolute Gasteiger partial charge is 0.573 e. The molecular formula is C15H11F6NO2. The van der Waals surface area contributed by atoms with Crippen LogP contribution >= 0.6 is 0 Å². The van der Waals surface area contributed by atoms with Gasteiger partial charge in [0.25, 0.3) is 0 Å². The molecule has 0 aliphatic carbocycles. The van der Waals surface area contributed by atoms with Gasteiger partial charge in [-0.2, -0.15) is 13.2 Å². The number of nitrogen functional groups attached to an aromatic ring is 1. The molecule has 2 aromatic rings. The van der Waals surface area contributed by atoms with E-state index in [0.717, 1.165) is 12.1 Å². The second kappa shape index (κ2) is 6.50. The molecule has 0 radical (unpaired) electrons. The van der Waals surface area contributed by atoms with Crippen LogP contribution in [-0.2, 0) is 0 Å². The van der Waals surface area contributed by atoms with Crippen molar-refractivity contribution in [3.05, 3.63) is 42.5 Å². The van der Waals surface area contributed by atoms with Gasteiger partial charge in [-0.05, 0) is 18.2 Å². The number of ether oxygens (including phenoxy) is 2. The quantitative estimate of drug-likeness (QED) is 0.637. The van der Waals surface area contributed by atoms with Gasteiger partial charge in [0.2, 0.25) is 0 Å². The molecule has 0 bridgehead atoms. The number of alkyl halides is 6. The summed E-state index contributed by atoms with van der Waals surface area (Å²) in [4.78, 5) is 0. The monoisotopic (exact) mass is 351 g/mol. The van der Waals surface area contributed by atoms with Crippen molar-refractivity contribution in [1.29, 1.82) is 0 Å². The minimum atomic E-state index is -4.89. The molecule has 0 saturated heterocycles. The van der Waals surface area contributed by atoms with E-state index in [1.165, 1.54) is 30.3 Å². The average molecular weight is 351 g/mol. The summed E-state index contributed by atoms with van der Waals surface area (Å²) >= 11 is 0. The van der Waals surface area contributed by atoms with Crippen LogP contribution in [0.3, 0.4) is 0 Å².